The van der Waals surface area contributed by atoms with E-state index in [9.17, 15) is 9.18 Å². The van der Waals surface area contributed by atoms with Crippen molar-refractivity contribution in [3.05, 3.63) is 34.1 Å². The molecule has 0 spiro atoms. The van der Waals surface area contributed by atoms with Crippen molar-refractivity contribution in [1.29, 1.82) is 0 Å². The third-order valence-electron chi connectivity index (χ3n) is 2.86. The largest absolute Gasteiger partial charge is 0.481 e. The summed E-state index contributed by atoms with van der Waals surface area (Å²) < 4.78 is 13.6. The number of hydrogen-bond donors (Lipinski definition) is 1. The van der Waals surface area contributed by atoms with Gasteiger partial charge in [0.2, 0.25) is 0 Å². The summed E-state index contributed by atoms with van der Waals surface area (Å²) in [5.41, 5.74) is 0.710. The first-order valence-electron chi connectivity index (χ1n) is 5.48. The number of hydrogen-bond acceptors (Lipinski definition) is 1. The highest BCUT2D eigenvalue weighted by atomic mass is 35.5. The van der Waals surface area contributed by atoms with Gasteiger partial charge >= 0.3 is 5.97 Å². The SMILES string of the molecule is CCc1cc(C(C)(C)CC(=O)O)cc(Cl)c1F. The summed E-state index contributed by atoms with van der Waals surface area (Å²) in [5, 5.41) is 8.91. The van der Waals surface area contributed by atoms with Gasteiger partial charge in [-0.05, 0) is 23.6 Å². The van der Waals surface area contributed by atoms with Crippen molar-refractivity contribution in [2.24, 2.45) is 0 Å². The molecular weight excluding hydrogens is 243 g/mol. The maximum atomic E-state index is 13.6. The molecule has 0 fully saturated rings. The number of carbonyl (C=O) groups is 1. The van der Waals surface area contributed by atoms with E-state index in [4.69, 9.17) is 16.7 Å². The molecule has 0 aliphatic carbocycles. The minimum absolute atomic E-state index is 0.0158. The van der Waals surface area contributed by atoms with Crippen LogP contribution < -0.4 is 0 Å². The van der Waals surface area contributed by atoms with Crippen molar-refractivity contribution in [2.45, 2.75) is 39.0 Å². The van der Waals surface area contributed by atoms with Crippen LogP contribution in [-0.4, -0.2) is 11.1 Å². The van der Waals surface area contributed by atoms with Gasteiger partial charge in [-0.3, -0.25) is 4.79 Å². The van der Waals surface area contributed by atoms with Crippen LogP contribution in [0.1, 0.15) is 38.3 Å². The van der Waals surface area contributed by atoms with E-state index in [-0.39, 0.29) is 11.4 Å². The highest BCUT2D eigenvalue weighted by Gasteiger charge is 2.25. The molecule has 0 heterocycles. The van der Waals surface area contributed by atoms with Crippen LogP contribution >= 0.6 is 11.6 Å². The van der Waals surface area contributed by atoms with Gasteiger partial charge in [-0.15, -0.1) is 0 Å². The molecule has 0 amide bonds. The van der Waals surface area contributed by atoms with E-state index >= 15 is 0 Å². The fourth-order valence-electron chi connectivity index (χ4n) is 1.77. The molecule has 0 aliphatic rings. The quantitative estimate of drug-likeness (QED) is 0.892. The van der Waals surface area contributed by atoms with Crippen molar-refractivity contribution in [3.8, 4) is 0 Å². The lowest BCUT2D eigenvalue weighted by Crippen LogP contribution is -2.22. The van der Waals surface area contributed by atoms with E-state index in [1.54, 1.807) is 6.07 Å². The fourth-order valence-corrected chi connectivity index (χ4v) is 2.01. The highest BCUT2D eigenvalue weighted by molar-refractivity contribution is 6.30. The second kappa shape index (κ2) is 5.05. The maximum Gasteiger partial charge on any atom is 0.304 e. The van der Waals surface area contributed by atoms with E-state index in [0.29, 0.717) is 12.0 Å². The Balaban J connectivity index is 3.22. The first kappa shape index (κ1) is 14.0. The van der Waals surface area contributed by atoms with Gasteiger partial charge in [-0.2, -0.15) is 0 Å². The Morgan fingerprint density at radius 1 is 1.47 bits per heavy atom. The molecule has 0 saturated carbocycles. The topological polar surface area (TPSA) is 37.3 Å². The lowest BCUT2D eigenvalue weighted by Gasteiger charge is -2.24. The average Bonchev–Trinajstić information content (AvgIpc) is 2.19. The van der Waals surface area contributed by atoms with Crippen LogP contribution in [0, 0.1) is 5.82 Å². The molecule has 4 heteroatoms. The molecule has 0 aromatic heterocycles. The van der Waals surface area contributed by atoms with Gasteiger partial charge in [0.1, 0.15) is 5.82 Å². The second-order valence-electron chi connectivity index (χ2n) is 4.74. The lowest BCUT2D eigenvalue weighted by molar-refractivity contribution is -0.138. The summed E-state index contributed by atoms with van der Waals surface area (Å²) in [6, 6.07) is 3.21. The molecule has 0 atom stereocenters. The van der Waals surface area contributed by atoms with Crippen molar-refractivity contribution >= 4 is 17.6 Å². The van der Waals surface area contributed by atoms with E-state index in [1.165, 1.54) is 6.07 Å². The Kier molecular flexibility index (Phi) is 4.15. The third kappa shape index (κ3) is 3.19. The Hall–Kier alpha value is -1.09. The van der Waals surface area contributed by atoms with Crippen LogP contribution in [-0.2, 0) is 16.6 Å². The van der Waals surface area contributed by atoms with Gasteiger partial charge in [-0.25, -0.2) is 4.39 Å². The molecule has 0 radical (unpaired) electrons. The third-order valence-corrected chi connectivity index (χ3v) is 3.13. The minimum Gasteiger partial charge on any atom is -0.481 e. The molecule has 1 rings (SSSR count). The lowest BCUT2D eigenvalue weighted by atomic mass is 9.81. The summed E-state index contributed by atoms with van der Waals surface area (Å²) in [5.74, 6) is -1.29. The van der Waals surface area contributed by atoms with Gasteiger partial charge < -0.3 is 5.11 Å². The van der Waals surface area contributed by atoms with Crippen molar-refractivity contribution in [3.63, 3.8) is 0 Å². The van der Waals surface area contributed by atoms with Gasteiger partial charge in [0.25, 0.3) is 0 Å². The zero-order valence-electron chi connectivity index (χ0n) is 10.2. The molecule has 0 unspecified atom stereocenters. The number of carboxylic acids is 1. The molecule has 1 aromatic rings. The first-order valence-corrected chi connectivity index (χ1v) is 5.86. The Morgan fingerprint density at radius 2 is 2.06 bits per heavy atom. The summed E-state index contributed by atoms with van der Waals surface area (Å²) in [7, 11) is 0. The Labute approximate surface area is 105 Å². The van der Waals surface area contributed by atoms with Gasteiger partial charge in [0.05, 0.1) is 11.4 Å². The molecule has 2 nitrogen and oxygen atoms in total. The minimum atomic E-state index is -0.881. The normalized spacial score (nSPS) is 11.6. The number of benzene rings is 1. The van der Waals surface area contributed by atoms with Crippen molar-refractivity contribution in [1.82, 2.24) is 0 Å². The fraction of sp³-hybridized carbons (Fsp3) is 0.462. The summed E-state index contributed by atoms with van der Waals surface area (Å²) in [6.45, 7) is 5.46. The summed E-state index contributed by atoms with van der Waals surface area (Å²) in [4.78, 5) is 10.8. The Bertz CT molecular complexity index is 441. The van der Waals surface area contributed by atoms with E-state index in [0.717, 1.165) is 5.56 Å². The number of rotatable bonds is 4. The molecule has 94 valence electrons. The molecule has 17 heavy (non-hydrogen) atoms. The van der Waals surface area contributed by atoms with E-state index in [2.05, 4.69) is 0 Å². The number of carboxylic acid groups (broad SMARTS) is 1. The number of aliphatic carboxylic acids is 1. The van der Waals surface area contributed by atoms with Crippen LogP contribution in [0.3, 0.4) is 0 Å². The number of halogens is 2. The zero-order valence-corrected chi connectivity index (χ0v) is 10.9. The molecule has 0 saturated heterocycles. The summed E-state index contributed by atoms with van der Waals surface area (Å²) >= 11 is 5.82. The van der Waals surface area contributed by atoms with Gasteiger partial charge in [0.15, 0.2) is 0 Å². The monoisotopic (exact) mass is 258 g/mol. The number of aryl methyl sites for hydroxylation is 1. The predicted octanol–water partition coefficient (Wildman–Crippen LogP) is 3.79. The van der Waals surface area contributed by atoms with E-state index in [1.807, 2.05) is 20.8 Å². The molecule has 0 aliphatic heterocycles. The highest BCUT2D eigenvalue weighted by Crippen LogP contribution is 2.32. The van der Waals surface area contributed by atoms with Crippen molar-refractivity contribution in [2.75, 3.05) is 0 Å². The van der Waals surface area contributed by atoms with Gasteiger partial charge in [-0.1, -0.05) is 38.4 Å². The molecular formula is C13H16ClFO2. The molecule has 1 N–H and O–H groups in total. The smallest absolute Gasteiger partial charge is 0.304 e. The molecule has 1 aromatic carbocycles. The van der Waals surface area contributed by atoms with Crippen molar-refractivity contribution < 1.29 is 14.3 Å². The van der Waals surface area contributed by atoms with Crippen LogP contribution in [0.5, 0.6) is 0 Å². The van der Waals surface area contributed by atoms with Gasteiger partial charge in [0, 0.05) is 5.41 Å². The zero-order chi connectivity index (χ0) is 13.2. The average molecular weight is 259 g/mol. The van der Waals surface area contributed by atoms with E-state index < -0.39 is 17.2 Å². The standard InChI is InChI=1S/C13H16ClFO2/c1-4-8-5-9(6-10(14)12(8)15)13(2,3)7-11(16)17/h5-6H,4,7H2,1-3H3,(H,16,17). The van der Waals surface area contributed by atoms with Crippen LogP contribution in [0.2, 0.25) is 5.02 Å². The van der Waals surface area contributed by atoms with Crippen LogP contribution in [0.4, 0.5) is 4.39 Å². The summed E-state index contributed by atoms with van der Waals surface area (Å²) in [6.07, 6.45) is 0.515. The van der Waals surface area contributed by atoms with Crippen LogP contribution in [0.15, 0.2) is 12.1 Å². The first-order chi connectivity index (χ1) is 7.77. The second-order valence-corrected chi connectivity index (χ2v) is 5.15. The Morgan fingerprint density at radius 3 is 2.53 bits per heavy atom. The van der Waals surface area contributed by atoms with Crippen LogP contribution in [0.25, 0.3) is 0 Å². The molecule has 0 bridgehead atoms. The maximum absolute atomic E-state index is 13.6. The predicted molar refractivity (Wildman–Crippen MR) is 66.1 cm³/mol.